The van der Waals surface area contributed by atoms with Crippen molar-refractivity contribution >= 4 is 0 Å². The van der Waals surface area contributed by atoms with Crippen LogP contribution in [0, 0.1) is 13.8 Å². The Labute approximate surface area is 110 Å². The van der Waals surface area contributed by atoms with E-state index in [1.165, 1.54) is 11.5 Å². The molecule has 0 atom stereocenters. The molecule has 0 fully saturated rings. The highest BCUT2D eigenvalue weighted by Crippen LogP contribution is 2.12. The molecule has 0 saturated carbocycles. The molecule has 0 aliphatic carbocycles. The monoisotopic (exact) mass is 260 g/mol. The average molecular weight is 260 g/mol. The molecule has 2 N–H and O–H groups in total. The fourth-order valence-electron chi connectivity index (χ4n) is 1.99. The first kappa shape index (κ1) is 13.1. The standard InChI is InChI=1S/C14H16N2O3/c1-9-5-3-4-6-11(9)7-8-16-13(18)10(2)12(17)15-14(16)19/h3-6,18H,7-8H2,1-2H3,(H,15,17,19). The van der Waals surface area contributed by atoms with E-state index in [9.17, 15) is 14.7 Å². The fraction of sp³-hybridized carbons (Fsp3) is 0.286. The molecule has 0 amide bonds. The maximum atomic E-state index is 11.7. The summed E-state index contributed by atoms with van der Waals surface area (Å²) >= 11 is 0. The molecular weight excluding hydrogens is 244 g/mol. The van der Waals surface area contributed by atoms with Gasteiger partial charge in [-0.3, -0.25) is 14.3 Å². The Morgan fingerprint density at radius 2 is 1.89 bits per heavy atom. The summed E-state index contributed by atoms with van der Waals surface area (Å²) in [6.07, 6.45) is 0.617. The summed E-state index contributed by atoms with van der Waals surface area (Å²) < 4.78 is 1.18. The highest BCUT2D eigenvalue weighted by atomic mass is 16.3. The number of nitrogens with zero attached hydrogens (tertiary/aromatic N) is 1. The lowest BCUT2D eigenvalue weighted by molar-refractivity contribution is 0.395. The minimum atomic E-state index is -0.582. The minimum Gasteiger partial charge on any atom is -0.494 e. The van der Waals surface area contributed by atoms with Gasteiger partial charge in [0.05, 0.1) is 5.56 Å². The zero-order chi connectivity index (χ0) is 14.0. The normalized spacial score (nSPS) is 10.6. The van der Waals surface area contributed by atoms with Crippen molar-refractivity contribution in [1.29, 1.82) is 0 Å². The topological polar surface area (TPSA) is 75.1 Å². The molecule has 1 aromatic heterocycles. The lowest BCUT2D eigenvalue weighted by atomic mass is 10.1. The van der Waals surface area contributed by atoms with E-state index in [1.807, 2.05) is 31.2 Å². The fourth-order valence-corrected chi connectivity index (χ4v) is 1.99. The maximum absolute atomic E-state index is 11.7. The Bertz CT molecular complexity index is 713. The van der Waals surface area contributed by atoms with Crippen LogP contribution in [0.3, 0.4) is 0 Å². The van der Waals surface area contributed by atoms with Crippen molar-refractivity contribution in [3.63, 3.8) is 0 Å². The summed E-state index contributed by atoms with van der Waals surface area (Å²) in [6, 6.07) is 7.86. The lowest BCUT2D eigenvalue weighted by Crippen LogP contribution is -2.31. The molecule has 0 aliphatic rings. The molecule has 1 heterocycles. The third kappa shape index (κ3) is 2.59. The Morgan fingerprint density at radius 3 is 2.58 bits per heavy atom. The largest absolute Gasteiger partial charge is 0.494 e. The first-order valence-corrected chi connectivity index (χ1v) is 6.08. The van der Waals surface area contributed by atoms with Crippen molar-refractivity contribution in [2.24, 2.45) is 0 Å². The summed E-state index contributed by atoms with van der Waals surface area (Å²) in [7, 11) is 0. The number of rotatable bonds is 3. The quantitative estimate of drug-likeness (QED) is 0.867. The van der Waals surface area contributed by atoms with Gasteiger partial charge < -0.3 is 5.11 Å². The molecule has 0 unspecified atom stereocenters. The molecule has 0 aliphatic heterocycles. The molecule has 0 spiro atoms. The van der Waals surface area contributed by atoms with Crippen LogP contribution in [0.25, 0.3) is 0 Å². The van der Waals surface area contributed by atoms with Crippen LogP contribution in [0.4, 0.5) is 0 Å². The van der Waals surface area contributed by atoms with E-state index >= 15 is 0 Å². The Balaban J connectivity index is 2.31. The molecule has 2 aromatic rings. The third-order valence-electron chi connectivity index (χ3n) is 3.26. The second-order valence-corrected chi connectivity index (χ2v) is 4.54. The second kappa shape index (κ2) is 5.14. The second-order valence-electron chi connectivity index (χ2n) is 4.54. The molecular formula is C14H16N2O3. The summed E-state index contributed by atoms with van der Waals surface area (Å²) in [6.45, 7) is 3.81. The van der Waals surface area contributed by atoms with Gasteiger partial charge in [-0.25, -0.2) is 4.79 Å². The summed E-state index contributed by atoms with van der Waals surface area (Å²) in [4.78, 5) is 25.2. The Kier molecular flexibility index (Phi) is 3.55. The van der Waals surface area contributed by atoms with Crippen molar-refractivity contribution in [3.8, 4) is 5.88 Å². The lowest BCUT2D eigenvalue weighted by Gasteiger charge is -2.10. The first-order chi connectivity index (χ1) is 9.00. The molecule has 2 rings (SSSR count). The number of aromatic hydroxyl groups is 1. The third-order valence-corrected chi connectivity index (χ3v) is 3.26. The highest BCUT2D eigenvalue weighted by Gasteiger charge is 2.10. The van der Waals surface area contributed by atoms with Gasteiger partial charge >= 0.3 is 5.69 Å². The Hall–Kier alpha value is -2.30. The average Bonchev–Trinajstić information content (AvgIpc) is 2.38. The SMILES string of the molecule is Cc1ccccc1CCn1c(O)c(C)c(=O)[nH]c1=O. The van der Waals surface area contributed by atoms with Crippen LogP contribution < -0.4 is 11.2 Å². The molecule has 1 aromatic carbocycles. The van der Waals surface area contributed by atoms with E-state index in [0.29, 0.717) is 13.0 Å². The zero-order valence-electron chi connectivity index (χ0n) is 10.9. The molecule has 100 valence electrons. The molecule has 19 heavy (non-hydrogen) atoms. The van der Waals surface area contributed by atoms with Gasteiger partial charge in [-0.15, -0.1) is 0 Å². The van der Waals surface area contributed by atoms with Crippen molar-refractivity contribution in [3.05, 3.63) is 61.8 Å². The summed E-state index contributed by atoms with van der Waals surface area (Å²) in [5, 5.41) is 9.85. The number of benzene rings is 1. The number of hydrogen-bond acceptors (Lipinski definition) is 3. The van der Waals surface area contributed by atoms with Crippen LogP contribution in [0.15, 0.2) is 33.9 Å². The number of H-pyrrole nitrogens is 1. The number of nitrogens with one attached hydrogen (secondary N) is 1. The zero-order valence-corrected chi connectivity index (χ0v) is 10.9. The van der Waals surface area contributed by atoms with Gasteiger partial charge in [-0.2, -0.15) is 0 Å². The first-order valence-electron chi connectivity index (χ1n) is 6.08. The number of aromatic amines is 1. The molecule has 5 heteroatoms. The van der Waals surface area contributed by atoms with Crippen LogP contribution in [0.5, 0.6) is 5.88 Å². The van der Waals surface area contributed by atoms with E-state index < -0.39 is 11.2 Å². The van der Waals surface area contributed by atoms with Crippen LogP contribution in [0.1, 0.15) is 16.7 Å². The number of aromatic nitrogens is 2. The van der Waals surface area contributed by atoms with Gasteiger partial charge in [-0.1, -0.05) is 24.3 Å². The maximum Gasteiger partial charge on any atom is 0.331 e. The predicted octanol–water partition coefficient (Wildman–Crippen LogP) is 1.10. The van der Waals surface area contributed by atoms with Gasteiger partial charge in [-0.05, 0) is 31.4 Å². The minimum absolute atomic E-state index is 0.157. The van der Waals surface area contributed by atoms with E-state index in [1.54, 1.807) is 0 Å². The van der Waals surface area contributed by atoms with Crippen molar-refractivity contribution < 1.29 is 5.11 Å². The van der Waals surface area contributed by atoms with Gasteiger partial charge in [0.1, 0.15) is 0 Å². The molecule has 5 nitrogen and oxygen atoms in total. The van der Waals surface area contributed by atoms with E-state index in [-0.39, 0.29) is 11.4 Å². The number of hydrogen-bond donors (Lipinski definition) is 2. The van der Waals surface area contributed by atoms with Crippen molar-refractivity contribution in [1.82, 2.24) is 9.55 Å². The molecule has 0 radical (unpaired) electrons. The van der Waals surface area contributed by atoms with Crippen molar-refractivity contribution in [2.75, 3.05) is 0 Å². The Morgan fingerprint density at radius 1 is 1.21 bits per heavy atom. The van der Waals surface area contributed by atoms with Crippen molar-refractivity contribution in [2.45, 2.75) is 26.8 Å². The van der Waals surface area contributed by atoms with Gasteiger partial charge in [0.25, 0.3) is 5.56 Å². The van der Waals surface area contributed by atoms with Gasteiger partial charge in [0, 0.05) is 6.54 Å². The van der Waals surface area contributed by atoms with Gasteiger partial charge in [0.15, 0.2) is 0 Å². The predicted molar refractivity (Wildman–Crippen MR) is 72.6 cm³/mol. The number of aryl methyl sites for hydroxylation is 2. The van der Waals surface area contributed by atoms with Crippen LogP contribution >= 0.6 is 0 Å². The van der Waals surface area contributed by atoms with Gasteiger partial charge in [0.2, 0.25) is 5.88 Å². The summed E-state index contributed by atoms with van der Waals surface area (Å²) in [5.74, 6) is -0.262. The summed E-state index contributed by atoms with van der Waals surface area (Å²) in [5.41, 5.74) is 1.27. The van der Waals surface area contributed by atoms with E-state index in [4.69, 9.17) is 0 Å². The molecule has 0 saturated heterocycles. The van der Waals surface area contributed by atoms with Crippen LogP contribution in [-0.4, -0.2) is 14.7 Å². The molecule has 0 bridgehead atoms. The van der Waals surface area contributed by atoms with Crippen LogP contribution in [-0.2, 0) is 13.0 Å². The van der Waals surface area contributed by atoms with Crippen LogP contribution in [0.2, 0.25) is 0 Å². The van der Waals surface area contributed by atoms with E-state index in [0.717, 1.165) is 11.1 Å². The van der Waals surface area contributed by atoms with E-state index in [2.05, 4.69) is 4.98 Å². The smallest absolute Gasteiger partial charge is 0.331 e. The highest BCUT2D eigenvalue weighted by molar-refractivity contribution is 5.26.